The van der Waals surface area contributed by atoms with Gasteiger partial charge in [-0.05, 0) is 48.6 Å². The van der Waals surface area contributed by atoms with Crippen molar-refractivity contribution in [3.05, 3.63) is 64.3 Å². The van der Waals surface area contributed by atoms with Crippen LogP contribution in [0.3, 0.4) is 0 Å². The Hall–Kier alpha value is -1.99. The normalized spacial score (nSPS) is 16.9. The number of piperidine rings is 1. The van der Waals surface area contributed by atoms with Crippen molar-refractivity contribution < 1.29 is 12.8 Å². The molecule has 2 heterocycles. The van der Waals surface area contributed by atoms with E-state index < -0.39 is 21.4 Å². The number of benzene rings is 1. The van der Waals surface area contributed by atoms with E-state index >= 15 is 0 Å². The van der Waals surface area contributed by atoms with Crippen molar-refractivity contribution in [3.63, 3.8) is 0 Å². The van der Waals surface area contributed by atoms with Crippen LogP contribution in [0.4, 0.5) is 4.39 Å². The summed E-state index contributed by atoms with van der Waals surface area (Å²) in [5.74, 6) is 0.101. The monoisotopic (exact) mass is 364 g/mol. The van der Waals surface area contributed by atoms with Gasteiger partial charge in [0.2, 0.25) is 10.0 Å². The number of hydrogen-bond acceptors (Lipinski definition) is 3. The Morgan fingerprint density at radius 3 is 2.56 bits per heavy atom. The number of pyridine rings is 1. The van der Waals surface area contributed by atoms with Crippen molar-refractivity contribution in [2.75, 3.05) is 13.1 Å². The number of aromatic nitrogens is 1. The molecule has 0 aliphatic carbocycles. The highest BCUT2D eigenvalue weighted by molar-refractivity contribution is 7.89. The summed E-state index contributed by atoms with van der Waals surface area (Å²) in [4.78, 5) is 12.5. The largest absolute Gasteiger partial charge is 0.310 e. The van der Waals surface area contributed by atoms with Gasteiger partial charge in [0.05, 0.1) is 6.54 Å². The first kappa shape index (κ1) is 17.8. The van der Waals surface area contributed by atoms with Crippen molar-refractivity contribution in [1.29, 1.82) is 0 Å². The third kappa shape index (κ3) is 3.82. The molecule has 134 valence electrons. The van der Waals surface area contributed by atoms with Crippen LogP contribution in [0, 0.1) is 11.7 Å². The van der Waals surface area contributed by atoms with Crippen LogP contribution in [0.5, 0.6) is 0 Å². The van der Waals surface area contributed by atoms with Gasteiger partial charge < -0.3 is 4.57 Å². The number of sulfonamides is 1. The van der Waals surface area contributed by atoms with Crippen LogP contribution in [0.2, 0.25) is 0 Å². The van der Waals surface area contributed by atoms with Crippen LogP contribution in [-0.4, -0.2) is 30.4 Å². The number of nitrogens with zero attached hydrogens (tertiary/aromatic N) is 2. The maximum absolute atomic E-state index is 13.3. The van der Waals surface area contributed by atoms with E-state index in [1.54, 1.807) is 18.2 Å². The summed E-state index contributed by atoms with van der Waals surface area (Å²) >= 11 is 0. The van der Waals surface area contributed by atoms with Gasteiger partial charge >= 0.3 is 0 Å². The van der Waals surface area contributed by atoms with Crippen LogP contribution >= 0.6 is 0 Å². The minimum atomic E-state index is -3.81. The lowest BCUT2D eigenvalue weighted by Gasteiger charge is -2.29. The summed E-state index contributed by atoms with van der Waals surface area (Å²) in [6, 6.07) is 8.80. The topological polar surface area (TPSA) is 59.4 Å². The molecular weight excluding hydrogens is 343 g/mol. The van der Waals surface area contributed by atoms with Crippen LogP contribution in [0.1, 0.15) is 25.3 Å². The van der Waals surface area contributed by atoms with Crippen LogP contribution in [-0.2, 0) is 16.6 Å². The second-order valence-electron chi connectivity index (χ2n) is 6.52. The fraction of sp³-hybridized carbons (Fsp3) is 0.389. The predicted molar refractivity (Wildman–Crippen MR) is 93.4 cm³/mol. The second-order valence-corrected chi connectivity index (χ2v) is 8.43. The highest BCUT2D eigenvalue weighted by atomic mass is 32.2. The van der Waals surface area contributed by atoms with Crippen LogP contribution in [0.15, 0.2) is 52.3 Å². The lowest BCUT2D eigenvalue weighted by Crippen LogP contribution is -2.40. The lowest BCUT2D eigenvalue weighted by molar-refractivity contribution is 0.287. The zero-order valence-electron chi connectivity index (χ0n) is 14.1. The first-order valence-electron chi connectivity index (χ1n) is 8.32. The quantitative estimate of drug-likeness (QED) is 0.837. The summed E-state index contributed by atoms with van der Waals surface area (Å²) in [6.45, 7) is 3.08. The van der Waals surface area contributed by atoms with Crippen LogP contribution < -0.4 is 5.56 Å². The number of halogens is 1. The van der Waals surface area contributed by atoms with Gasteiger partial charge in [0.1, 0.15) is 10.7 Å². The fourth-order valence-electron chi connectivity index (χ4n) is 3.03. The van der Waals surface area contributed by atoms with Gasteiger partial charge in [-0.3, -0.25) is 4.79 Å². The molecule has 0 N–H and O–H groups in total. The van der Waals surface area contributed by atoms with Crippen molar-refractivity contribution in [2.24, 2.45) is 5.92 Å². The van der Waals surface area contributed by atoms with E-state index in [-0.39, 0.29) is 11.4 Å². The molecule has 0 radical (unpaired) electrons. The van der Waals surface area contributed by atoms with Gasteiger partial charge in [-0.2, -0.15) is 4.31 Å². The van der Waals surface area contributed by atoms with Gasteiger partial charge in [0, 0.05) is 19.3 Å². The summed E-state index contributed by atoms with van der Waals surface area (Å²) in [6.07, 6.45) is 3.11. The maximum atomic E-state index is 13.3. The van der Waals surface area contributed by atoms with E-state index in [0.29, 0.717) is 24.6 Å². The zero-order chi connectivity index (χ0) is 18.0. The SMILES string of the molecule is CC1CCN(S(=O)(=O)c2cccn(Cc3cccc(F)c3)c2=O)CC1. The Labute approximate surface area is 146 Å². The van der Waals surface area contributed by atoms with Crippen molar-refractivity contribution in [3.8, 4) is 0 Å². The van der Waals surface area contributed by atoms with Gasteiger partial charge in [-0.25, -0.2) is 12.8 Å². The Morgan fingerprint density at radius 2 is 1.88 bits per heavy atom. The highest BCUT2D eigenvalue weighted by Gasteiger charge is 2.30. The molecule has 1 aromatic heterocycles. The summed E-state index contributed by atoms with van der Waals surface area (Å²) in [7, 11) is -3.81. The molecule has 1 aliphatic rings. The van der Waals surface area contributed by atoms with E-state index in [4.69, 9.17) is 0 Å². The molecule has 5 nitrogen and oxygen atoms in total. The van der Waals surface area contributed by atoms with E-state index in [9.17, 15) is 17.6 Å². The van der Waals surface area contributed by atoms with E-state index in [1.165, 1.54) is 33.3 Å². The third-order valence-corrected chi connectivity index (χ3v) is 6.50. The molecule has 0 amide bonds. The van der Waals surface area contributed by atoms with E-state index in [0.717, 1.165) is 12.8 Å². The molecule has 0 atom stereocenters. The Morgan fingerprint density at radius 1 is 1.16 bits per heavy atom. The molecule has 1 saturated heterocycles. The summed E-state index contributed by atoms with van der Waals surface area (Å²) < 4.78 is 41.7. The zero-order valence-corrected chi connectivity index (χ0v) is 14.9. The molecule has 7 heteroatoms. The minimum absolute atomic E-state index is 0.122. The Kier molecular flexibility index (Phi) is 5.06. The van der Waals surface area contributed by atoms with Crippen molar-refractivity contribution >= 4 is 10.0 Å². The Bertz CT molecular complexity index is 916. The molecule has 2 aromatic rings. The second kappa shape index (κ2) is 7.09. The number of rotatable bonds is 4. The summed E-state index contributed by atoms with van der Waals surface area (Å²) in [5.41, 5.74) is 0.0221. The van der Waals surface area contributed by atoms with Crippen LogP contribution in [0.25, 0.3) is 0 Å². The van der Waals surface area contributed by atoms with Gasteiger partial charge in [-0.1, -0.05) is 19.1 Å². The average molecular weight is 364 g/mol. The first-order valence-corrected chi connectivity index (χ1v) is 9.76. The third-order valence-electron chi connectivity index (χ3n) is 4.59. The predicted octanol–water partition coefficient (Wildman–Crippen LogP) is 2.46. The molecule has 1 fully saturated rings. The Balaban J connectivity index is 1.92. The molecule has 3 rings (SSSR count). The van der Waals surface area contributed by atoms with Crippen molar-refractivity contribution in [2.45, 2.75) is 31.2 Å². The molecular formula is C18H21FN2O3S. The molecule has 1 aliphatic heterocycles. The molecule has 1 aromatic carbocycles. The fourth-order valence-corrected chi connectivity index (χ4v) is 4.59. The maximum Gasteiger partial charge on any atom is 0.271 e. The first-order chi connectivity index (χ1) is 11.9. The van der Waals surface area contributed by atoms with Gasteiger partial charge in [0.15, 0.2) is 0 Å². The summed E-state index contributed by atoms with van der Waals surface area (Å²) in [5, 5.41) is 0. The van der Waals surface area contributed by atoms with Gasteiger partial charge in [0.25, 0.3) is 5.56 Å². The lowest BCUT2D eigenvalue weighted by atomic mass is 10.0. The van der Waals surface area contributed by atoms with Gasteiger partial charge in [-0.15, -0.1) is 0 Å². The van der Waals surface area contributed by atoms with E-state index in [1.807, 2.05) is 0 Å². The molecule has 0 unspecified atom stereocenters. The average Bonchev–Trinajstić information content (AvgIpc) is 2.57. The molecule has 25 heavy (non-hydrogen) atoms. The van der Waals surface area contributed by atoms with E-state index in [2.05, 4.69) is 6.92 Å². The van der Waals surface area contributed by atoms with Crippen molar-refractivity contribution in [1.82, 2.24) is 8.87 Å². The minimum Gasteiger partial charge on any atom is -0.310 e. The smallest absolute Gasteiger partial charge is 0.271 e. The highest BCUT2D eigenvalue weighted by Crippen LogP contribution is 2.21. The number of hydrogen-bond donors (Lipinski definition) is 0. The molecule has 0 saturated carbocycles. The molecule has 0 spiro atoms. The standard InChI is InChI=1S/C18H21FN2O3S/c1-14-7-10-21(11-8-14)25(23,24)17-6-3-9-20(18(17)22)13-15-4-2-5-16(19)12-15/h2-6,9,12,14H,7-8,10-11,13H2,1H3. The molecule has 0 bridgehead atoms.